The van der Waals surface area contributed by atoms with Gasteiger partial charge in [-0.25, -0.2) is 9.59 Å². The van der Waals surface area contributed by atoms with Crippen molar-refractivity contribution in [2.75, 3.05) is 6.61 Å². The minimum atomic E-state index is -4.72. The smallest absolute Gasteiger partial charge is 0.422 e. The predicted molar refractivity (Wildman–Crippen MR) is 35.4 cm³/mol. The third kappa shape index (κ3) is 5.86. The maximum absolute atomic E-state index is 11.5. The van der Waals surface area contributed by atoms with E-state index in [4.69, 9.17) is 10.2 Å². The number of ether oxygens (including phenoxy) is 1. The third-order valence-corrected chi connectivity index (χ3v) is 0.857. The summed E-state index contributed by atoms with van der Waals surface area (Å²) in [7, 11) is 0. The number of halogens is 3. The first-order chi connectivity index (χ1) is 6.22. The fourth-order valence-electron chi connectivity index (χ4n) is 0.437. The maximum Gasteiger partial charge on any atom is 0.422 e. The minimum absolute atomic E-state index is 0.0358. The van der Waals surface area contributed by atoms with Crippen molar-refractivity contribution in [3.63, 3.8) is 0 Å². The quantitative estimate of drug-likeness (QED) is 0.529. The van der Waals surface area contributed by atoms with Crippen molar-refractivity contribution in [2.24, 2.45) is 0 Å². The number of aliphatic carboxylic acids is 2. The summed E-state index contributed by atoms with van der Waals surface area (Å²) < 4.78 is 38.3. The number of hydrogen-bond acceptors (Lipinski definition) is 3. The first-order valence-electron chi connectivity index (χ1n) is 3.10. The summed E-state index contributed by atoms with van der Waals surface area (Å²) in [6, 6.07) is 0. The monoisotopic (exact) mass is 214 g/mol. The van der Waals surface area contributed by atoms with Crippen LogP contribution in [0.2, 0.25) is 0 Å². The Morgan fingerprint density at radius 2 is 1.79 bits per heavy atom. The lowest BCUT2D eigenvalue weighted by Gasteiger charge is -2.08. The number of carboxylic acid groups (broad SMARTS) is 2. The van der Waals surface area contributed by atoms with Gasteiger partial charge in [0.25, 0.3) is 0 Å². The van der Waals surface area contributed by atoms with E-state index in [1.807, 2.05) is 0 Å². The van der Waals surface area contributed by atoms with Gasteiger partial charge in [0, 0.05) is 0 Å². The molecular weight excluding hydrogens is 209 g/mol. The van der Waals surface area contributed by atoms with Crippen LogP contribution in [0.25, 0.3) is 0 Å². The Bertz CT molecular complexity index is 267. The normalized spacial score (nSPS) is 12.4. The summed E-state index contributed by atoms with van der Waals surface area (Å²) in [4.78, 5) is 20.1. The molecule has 0 fully saturated rings. The van der Waals surface area contributed by atoms with Crippen LogP contribution in [-0.4, -0.2) is 34.9 Å². The van der Waals surface area contributed by atoms with E-state index in [1.54, 1.807) is 0 Å². The Hall–Kier alpha value is -1.73. The van der Waals surface area contributed by atoms with Crippen LogP contribution in [0.1, 0.15) is 0 Å². The second kappa shape index (κ2) is 4.49. The van der Waals surface area contributed by atoms with E-state index >= 15 is 0 Å². The first-order valence-corrected chi connectivity index (χ1v) is 3.10. The second-order valence-electron chi connectivity index (χ2n) is 2.06. The first kappa shape index (κ1) is 12.3. The zero-order valence-electron chi connectivity index (χ0n) is 6.54. The summed E-state index contributed by atoms with van der Waals surface area (Å²) in [5.74, 6) is -4.85. The van der Waals surface area contributed by atoms with Gasteiger partial charge in [0.2, 0.25) is 5.76 Å². The van der Waals surface area contributed by atoms with Gasteiger partial charge >= 0.3 is 18.1 Å². The summed E-state index contributed by atoms with van der Waals surface area (Å²) in [5, 5.41) is 16.3. The molecule has 0 aliphatic carbocycles. The number of carboxylic acids is 2. The molecule has 0 aromatic carbocycles. The van der Waals surface area contributed by atoms with Crippen molar-refractivity contribution in [2.45, 2.75) is 6.18 Å². The molecule has 0 unspecified atom stereocenters. The molecule has 0 atom stereocenters. The van der Waals surface area contributed by atoms with Crippen molar-refractivity contribution in [3.05, 3.63) is 11.8 Å². The fourth-order valence-corrected chi connectivity index (χ4v) is 0.437. The van der Waals surface area contributed by atoms with Gasteiger partial charge in [-0.1, -0.05) is 0 Å². The molecule has 8 heteroatoms. The lowest BCUT2D eigenvalue weighted by Crippen LogP contribution is -2.19. The van der Waals surface area contributed by atoms with Crippen molar-refractivity contribution < 1.29 is 37.7 Å². The van der Waals surface area contributed by atoms with Gasteiger partial charge < -0.3 is 14.9 Å². The predicted octanol–water partition coefficient (Wildman–Crippen LogP) is 0.618. The van der Waals surface area contributed by atoms with E-state index in [0.29, 0.717) is 0 Å². The van der Waals surface area contributed by atoms with Gasteiger partial charge in [0.1, 0.15) is 0 Å². The fraction of sp³-hybridized carbons (Fsp3) is 0.333. The van der Waals surface area contributed by atoms with Gasteiger partial charge in [-0.15, -0.1) is 0 Å². The second-order valence-corrected chi connectivity index (χ2v) is 2.06. The van der Waals surface area contributed by atoms with Crippen molar-refractivity contribution in [1.82, 2.24) is 0 Å². The SMILES string of the molecule is O=C(O)/C=C(/OCC(F)(F)F)C(=O)O. The van der Waals surface area contributed by atoms with E-state index in [1.165, 1.54) is 0 Å². The number of rotatable bonds is 4. The molecule has 80 valence electrons. The Morgan fingerprint density at radius 1 is 1.29 bits per heavy atom. The molecule has 0 aromatic rings. The maximum atomic E-state index is 11.5. The van der Waals surface area contributed by atoms with Crippen molar-refractivity contribution >= 4 is 11.9 Å². The molecule has 0 aromatic heterocycles. The number of alkyl halides is 3. The van der Waals surface area contributed by atoms with E-state index in [9.17, 15) is 22.8 Å². The summed E-state index contributed by atoms with van der Waals surface area (Å²) in [5.41, 5.74) is 0. The van der Waals surface area contributed by atoms with Crippen LogP contribution in [0.4, 0.5) is 13.2 Å². The standard InChI is InChI=1S/C6H5F3O5/c7-6(8,9)2-14-3(5(12)13)1-4(10)11/h1H,2H2,(H,10,11)(H,12,13)/b3-1+. The van der Waals surface area contributed by atoms with Crippen LogP contribution in [0.3, 0.4) is 0 Å². The summed E-state index contributed by atoms with van der Waals surface area (Å²) in [6.45, 7) is -1.85. The zero-order chi connectivity index (χ0) is 11.4. The largest absolute Gasteiger partial charge is 0.478 e. The summed E-state index contributed by atoms with van der Waals surface area (Å²) >= 11 is 0. The highest BCUT2D eigenvalue weighted by Crippen LogP contribution is 2.16. The Kier molecular flexibility index (Phi) is 3.94. The molecule has 0 saturated heterocycles. The van der Waals surface area contributed by atoms with Crippen LogP contribution in [0.15, 0.2) is 11.8 Å². The molecule has 0 rings (SSSR count). The highest BCUT2D eigenvalue weighted by atomic mass is 19.4. The van der Waals surface area contributed by atoms with Gasteiger partial charge in [-0.05, 0) is 0 Å². The van der Waals surface area contributed by atoms with E-state index in [0.717, 1.165) is 0 Å². The van der Waals surface area contributed by atoms with E-state index in [-0.39, 0.29) is 6.08 Å². The van der Waals surface area contributed by atoms with Gasteiger partial charge in [-0.2, -0.15) is 13.2 Å². The topological polar surface area (TPSA) is 83.8 Å². The third-order valence-electron chi connectivity index (χ3n) is 0.857. The molecule has 0 spiro atoms. The highest BCUT2D eigenvalue weighted by molar-refractivity contribution is 5.92. The van der Waals surface area contributed by atoms with Crippen LogP contribution in [0, 0.1) is 0 Å². The molecule has 0 saturated carbocycles. The Balaban J connectivity index is 4.41. The van der Waals surface area contributed by atoms with Gasteiger partial charge in [-0.3, -0.25) is 0 Å². The molecule has 5 nitrogen and oxygen atoms in total. The van der Waals surface area contributed by atoms with Crippen LogP contribution >= 0.6 is 0 Å². The van der Waals surface area contributed by atoms with Crippen molar-refractivity contribution in [1.29, 1.82) is 0 Å². The highest BCUT2D eigenvalue weighted by Gasteiger charge is 2.30. The molecule has 0 amide bonds. The molecule has 2 N–H and O–H groups in total. The van der Waals surface area contributed by atoms with Crippen LogP contribution in [0.5, 0.6) is 0 Å². The molecule has 0 aliphatic heterocycles. The minimum Gasteiger partial charge on any atom is -0.478 e. The molecule has 14 heavy (non-hydrogen) atoms. The molecule has 0 aliphatic rings. The average molecular weight is 214 g/mol. The zero-order valence-corrected chi connectivity index (χ0v) is 6.54. The average Bonchev–Trinajstić information content (AvgIpc) is 1.94. The van der Waals surface area contributed by atoms with E-state index < -0.39 is 30.5 Å². The van der Waals surface area contributed by atoms with E-state index in [2.05, 4.69) is 4.74 Å². The van der Waals surface area contributed by atoms with Crippen molar-refractivity contribution in [3.8, 4) is 0 Å². The van der Waals surface area contributed by atoms with Gasteiger partial charge in [0.15, 0.2) is 6.61 Å². The molecule has 0 radical (unpaired) electrons. The van der Waals surface area contributed by atoms with Crippen LogP contribution < -0.4 is 0 Å². The Morgan fingerprint density at radius 3 is 2.07 bits per heavy atom. The molecular formula is C6H5F3O5. The number of hydrogen-bond donors (Lipinski definition) is 2. The van der Waals surface area contributed by atoms with Crippen LogP contribution in [-0.2, 0) is 14.3 Å². The number of carbonyl (C=O) groups is 2. The lowest BCUT2D eigenvalue weighted by molar-refractivity contribution is -0.169. The summed E-state index contributed by atoms with van der Waals surface area (Å²) in [6.07, 6.45) is -4.68. The van der Waals surface area contributed by atoms with Gasteiger partial charge in [0.05, 0.1) is 6.08 Å². The lowest BCUT2D eigenvalue weighted by atomic mass is 10.4. The Labute approximate surface area is 75.4 Å². The molecule has 0 bridgehead atoms. The molecule has 0 heterocycles.